The molecule has 0 spiro atoms. The summed E-state index contributed by atoms with van der Waals surface area (Å²) in [5, 5.41) is 0.990. The first-order chi connectivity index (χ1) is 11.1. The van der Waals surface area contributed by atoms with Crippen molar-refractivity contribution in [3.8, 4) is 0 Å². The normalized spacial score (nSPS) is 19.7. The van der Waals surface area contributed by atoms with Gasteiger partial charge in [-0.2, -0.15) is 4.37 Å². The summed E-state index contributed by atoms with van der Waals surface area (Å²) < 4.78 is 22.9. The number of aromatic nitrogens is 1. The predicted octanol–water partition coefficient (Wildman–Crippen LogP) is 4.34. The highest BCUT2D eigenvalue weighted by Gasteiger charge is 2.33. The largest absolute Gasteiger partial charge is 0.465 e. The molecule has 2 aromatic rings. The van der Waals surface area contributed by atoms with E-state index < -0.39 is 0 Å². The number of ether oxygens (including phenoxy) is 1. The van der Waals surface area contributed by atoms with E-state index in [0.717, 1.165) is 36.1 Å². The molecule has 0 aliphatic carbocycles. The van der Waals surface area contributed by atoms with Gasteiger partial charge in [-0.05, 0) is 56.9 Å². The molecule has 4 nitrogen and oxygen atoms in total. The van der Waals surface area contributed by atoms with E-state index in [1.54, 1.807) is 6.07 Å². The molecule has 3 rings (SSSR count). The van der Waals surface area contributed by atoms with Gasteiger partial charge in [0, 0.05) is 17.5 Å². The number of piperidine rings is 1. The first-order valence-electron chi connectivity index (χ1n) is 8.09. The molecule has 0 bridgehead atoms. The highest BCUT2D eigenvalue weighted by molar-refractivity contribution is 7.07. The Labute approximate surface area is 151 Å². The molecule has 132 valence electrons. The maximum atomic E-state index is 13.4. The van der Waals surface area contributed by atoms with Gasteiger partial charge in [0.2, 0.25) is 0 Å². The lowest BCUT2D eigenvalue weighted by atomic mass is 9.97. The SMILES string of the molecule is CCOC(=O)C(C)N1CCCCC1c1snc2cc(F)ccc12.Cl. The first kappa shape index (κ1) is 19.1. The van der Waals surface area contributed by atoms with Crippen LogP contribution in [0.25, 0.3) is 10.9 Å². The van der Waals surface area contributed by atoms with E-state index in [4.69, 9.17) is 4.74 Å². The number of likely N-dealkylation sites (tertiary alicyclic amines) is 1. The maximum Gasteiger partial charge on any atom is 0.323 e. The van der Waals surface area contributed by atoms with Crippen molar-refractivity contribution < 1.29 is 13.9 Å². The van der Waals surface area contributed by atoms with Crippen LogP contribution in [0.3, 0.4) is 0 Å². The van der Waals surface area contributed by atoms with Crippen molar-refractivity contribution in [1.82, 2.24) is 9.27 Å². The standard InChI is InChI=1S/C17H21FN2O2S.ClH/c1-3-22-17(21)11(2)20-9-5-4-6-15(20)16-13-8-7-12(18)10-14(13)19-23-16;/h7-8,10-11,15H,3-6,9H2,1-2H3;1H. The molecule has 1 fully saturated rings. The van der Waals surface area contributed by atoms with Gasteiger partial charge < -0.3 is 4.74 Å². The second-order valence-corrected chi connectivity index (χ2v) is 6.69. The van der Waals surface area contributed by atoms with Crippen molar-refractivity contribution in [1.29, 1.82) is 0 Å². The van der Waals surface area contributed by atoms with Gasteiger partial charge in [0.25, 0.3) is 0 Å². The Morgan fingerprint density at radius 3 is 3.04 bits per heavy atom. The van der Waals surface area contributed by atoms with Crippen LogP contribution in [0.4, 0.5) is 4.39 Å². The Morgan fingerprint density at radius 2 is 2.29 bits per heavy atom. The predicted molar refractivity (Wildman–Crippen MR) is 96.2 cm³/mol. The number of halogens is 2. The summed E-state index contributed by atoms with van der Waals surface area (Å²) in [6.07, 6.45) is 3.18. The zero-order chi connectivity index (χ0) is 16.4. The smallest absolute Gasteiger partial charge is 0.323 e. The highest BCUT2D eigenvalue weighted by Crippen LogP contribution is 2.38. The molecule has 0 radical (unpaired) electrons. The summed E-state index contributed by atoms with van der Waals surface area (Å²) >= 11 is 1.41. The van der Waals surface area contributed by atoms with Crippen LogP contribution in [0.2, 0.25) is 0 Å². The Kier molecular flexibility index (Phi) is 6.54. The van der Waals surface area contributed by atoms with Gasteiger partial charge in [0.15, 0.2) is 0 Å². The molecule has 1 aliphatic heterocycles. The van der Waals surface area contributed by atoms with Crippen LogP contribution in [0.15, 0.2) is 18.2 Å². The number of carbonyl (C=O) groups is 1. The van der Waals surface area contributed by atoms with Crippen LogP contribution in [0.1, 0.15) is 44.0 Å². The number of carbonyl (C=O) groups excluding carboxylic acids is 1. The average molecular weight is 373 g/mol. The average Bonchev–Trinajstić information content (AvgIpc) is 2.97. The van der Waals surface area contributed by atoms with Crippen LogP contribution in [0.5, 0.6) is 0 Å². The van der Waals surface area contributed by atoms with Crippen LogP contribution in [-0.2, 0) is 9.53 Å². The van der Waals surface area contributed by atoms with E-state index >= 15 is 0 Å². The summed E-state index contributed by atoms with van der Waals surface area (Å²) in [5.41, 5.74) is 0.694. The molecule has 0 N–H and O–H groups in total. The molecule has 1 aromatic heterocycles. The zero-order valence-electron chi connectivity index (χ0n) is 13.8. The molecule has 2 unspecified atom stereocenters. The van der Waals surface area contributed by atoms with Gasteiger partial charge in [-0.15, -0.1) is 12.4 Å². The fourth-order valence-electron chi connectivity index (χ4n) is 3.27. The lowest BCUT2D eigenvalue weighted by molar-refractivity contribution is -0.150. The third kappa shape index (κ3) is 3.71. The summed E-state index contributed by atoms with van der Waals surface area (Å²) in [4.78, 5) is 15.5. The number of nitrogens with zero attached hydrogens (tertiary/aromatic N) is 2. The number of esters is 1. The molecule has 7 heteroatoms. The van der Waals surface area contributed by atoms with Crippen molar-refractivity contribution in [2.45, 2.75) is 45.2 Å². The molecular weight excluding hydrogens is 351 g/mol. The fraction of sp³-hybridized carbons (Fsp3) is 0.529. The van der Waals surface area contributed by atoms with Crippen molar-refractivity contribution in [2.24, 2.45) is 0 Å². The molecule has 2 heterocycles. The molecule has 1 saturated heterocycles. The molecule has 1 aliphatic rings. The summed E-state index contributed by atoms with van der Waals surface area (Å²) in [5.74, 6) is -0.450. The van der Waals surface area contributed by atoms with Gasteiger partial charge in [0.05, 0.1) is 17.0 Å². The molecule has 0 saturated carbocycles. The monoisotopic (exact) mass is 372 g/mol. The topological polar surface area (TPSA) is 42.4 Å². The Hall–Kier alpha value is -1.24. The Balaban J connectivity index is 0.00000208. The highest BCUT2D eigenvalue weighted by atomic mass is 35.5. The molecule has 24 heavy (non-hydrogen) atoms. The second kappa shape index (κ2) is 8.23. The molecule has 1 aromatic carbocycles. The third-order valence-corrected chi connectivity index (χ3v) is 5.42. The Morgan fingerprint density at radius 1 is 1.50 bits per heavy atom. The van der Waals surface area contributed by atoms with E-state index in [0.29, 0.717) is 12.1 Å². The second-order valence-electron chi connectivity index (χ2n) is 5.89. The van der Waals surface area contributed by atoms with Gasteiger partial charge in [-0.25, -0.2) is 4.39 Å². The summed E-state index contributed by atoms with van der Waals surface area (Å²) in [6, 6.07) is 4.60. The van der Waals surface area contributed by atoms with E-state index in [1.807, 2.05) is 13.8 Å². The number of hydrogen-bond acceptors (Lipinski definition) is 5. The van der Waals surface area contributed by atoms with Crippen LogP contribution in [0, 0.1) is 5.82 Å². The van der Waals surface area contributed by atoms with Crippen molar-refractivity contribution in [2.75, 3.05) is 13.2 Å². The van der Waals surface area contributed by atoms with E-state index in [1.165, 1.54) is 23.7 Å². The van der Waals surface area contributed by atoms with Crippen molar-refractivity contribution in [3.63, 3.8) is 0 Å². The lowest BCUT2D eigenvalue weighted by Crippen LogP contribution is -2.44. The van der Waals surface area contributed by atoms with E-state index in [9.17, 15) is 9.18 Å². The van der Waals surface area contributed by atoms with E-state index in [-0.39, 0.29) is 36.3 Å². The zero-order valence-corrected chi connectivity index (χ0v) is 15.5. The minimum atomic E-state index is -0.280. The third-order valence-electron chi connectivity index (χ3n) is 4.44. The molecule has 2 atom stereocenters. The molecular formula is C17H22ClFN2O2S. The van der Waals surface area contributed by atoms with Gasteiger partial charge in [-0.1, -0.05) is 6.42 Å². The van der Waals surface area contributed by atoms with Gasteiger partial charge in [0.1, 0.15) is 11.9 Å². The summed E-state index contributed by atoms with van der Waals surface area (Å²) in [6.45, 7) is 4.98. The molecule has 0 amide bonds. The first-order valence-corrected chi connectivity index (χ1v) is 8.86. The number of hydrogen-bond donors (Lipinski definition) is 0. The van der Waals surface area contributed by atoms with Crippen LogP contribution < -0.4 is 0 Å². The van der Waals surface area contributed by atoms with Gasteiger partial charge >= 0.3 is 5.97 Å². The maximum absolute atomic E-state index is 13.4. The Bertz CT molecular complexity index is 709. The minimum Gasteiger partial charge on any atom is -0.465 e. The van der Waals surface area contributed by atoms with Crippen molar-refractivity contribution in [3.05, 3.63) is 28.9 Å². The lowest BCUT2D eigenvalue weighted by Gasteiger charge is -2.38. The minimum absolute atomic E-state index is 0. The number of benzene rings is 1. The number of fused-ring (bicyclic) bond motifs is 1. The number of rotatable bonds is 4. The quantitative estimate of drug-likeness (QED) is 0.749. The van der Waals surface area contributed by atoms with Crippen LogP contribution >= 0.6 is 23.9 Å². The van der Waals surface area contributed by atoms with Crippen molar-refractivity contribution >= 4 is 40.8 Å². The fourth-order valence-corrected chi connectivity index (χ4v) is 4.27. The summed E-state index contributed by atoms with van der Waals surface area (Å²) in [7, 11) is 0. The van der Waals surface area contributed by atoms with Crippen LogP contribution in [-0.4, -0.2) is 34.4 Å². The van der Waals surface area contributed by atoms with E-state index in [2.05, 4.69) is 9.27 Å². The van der Waals surface area contributed by atoms with Gasteiger partial charge in [-0.3, -0.25) is 9.69 Å².